The molecule has 1 fully saturated rings. The van der Waals surface area contributed by atoms with E-state index < -0.39 is 0 Å². The normalized spacial score (nSPS) is 16.7. The van der Waals surface area contributed by atoms with Crippen LogP contribution in [0.25, 0.3) is 0 Å². The zero-order valence-electron chi connectivity index (χ0n) is 12.9. The molecule has 0 aliphatic carbocycles. The predicted molar refractivity (Wildman–Crippen MR) is 89.9 cm³/mol. The molecule has 0 saturated carbocycles. The number of nitrogens with two attached hydrogens (primary N) is 1. The summed E-state index contributed by atoms with van der Waals surface area (Å²) in [6.45, 7) is 5.32. The highest BCUT2D eigenvalue weighted by atomic mass is 19.1. The van der Waals surface area contributed by atoms with E-state index in [0.29, 0.717) is 5.69 Å². The maximum atomic E-state index is 14.3. The van der Waals surface area contributed by atoms with E-state index in [4.69, 9.17) is 5.73 Å². The Kier molecular flexibility index (Phi) is 4.29. The van der Waals surface area contributed by atoms with Crippen molar-refractivity contribution < 1.29 is 4.39 Å². The SMILES string of the molecule is CC(N)c1ccc(N2CCN(c3ccccc3)CC2)c(F)c1. The molecule has 2 N–H and O–H groups in total. The van der Waals surface area contributed by atoms with E-state index in [-0.39, 0.29) is 11.9 Å². The summed E-state index contributed by atoms with van der Waals surface area (Å²) in [5.74, 6) is -0.178. The van der Waals surface area contributed by atoms with Crippen LogP contribution >= 0.6 is 0 Å². The summed E-state index contributed by atoms with van der Waals surface area (Å²) >= 11 is 0. The number of nitrogens with zero attached hydrogens (tertiary/aromatic N) is 2. The molecule has 22 heavy (non-hydrogen) atoms. The topological polar surface area (TPSA) is 32.5 Å². The molecule has 1 saturated heterocycles. The highest BCUT2D eigenvalue weighted by molar-refractivity contribution is 5.53. The monoisotopic (exact) mass is 299 g/mol. The molecule has 0 aromatic heterocycles. The van der Waals surface area contributed by atoms with Crippen molar-refractivity contribution >= 4 is 11.4 Å². The van der Waals surface area contributed by atoms with E-state index in [1.165, 1.54) is 5.69 Å². The van der Waals surface area contributed by atoms with Gasteiger partial charge in [-0.3, -0.25) is 0 Å². The average molecular weight is 299 g/mol. The summed E-state index contributed by atoms with van der Waals surface area (Å²) in [6, 6.07) is 15.6. The highest BCUT2D eigenvalue weighted by Gasteiger charge is 2.20. The second-order valence-corrected chi connectivity index (χ2v) is 5.81. The Labute approximate surface area is 131 Å². The molecule has 1 atom stereocenters. The molecule has 4 heteroatoms. The van der Waals surface area contributed by atoms with E-state index in [1.807, 2.05) is 37.3 Å². The number of rotatable bonds is 3. The van der Waals surface area contributed by atoms with E-state index in [9.17, 15) is 4.39 Å². The maximum absolute atomic E-state index is 14.3. The Morgan fingerprint density at radius 1 is 0.955 bits per heavy atom. The van der Waals surface area contributed by atoms with Gasteiger partial charge in [-0.05, 0) is 36.8 Å². The first-order valence-corrected chi connectivity index (χ1v) is 7.75. The summed E-state index contributed by atoms with van der Waals surface area (Å²) in [5.41, 5.74) is 8.55. The smallest absolute Gasteiger partial charge is 0.146 e. The standard InChI is InChI=1S/C18H22FN3/c1-14(20)15-7-8-18(17(19)13-15)22-11-9-21(10-12-22)16-5-3-2-4-6-16/h2-8,13-14H,9-12,20H2,1H3. The van der Waals surface area contributed by atoms with Gasteiger partial charge in [0, 0.05) is 37.9 Å². The minimum atomic E-state index is -0.178. The van der Waals surface area contributed by atoms with Gasteiger partial charge >= 0.3 is 0 Å². The molecule has 2 aromatic rings. The van der Waals surface area contributed by atoms with Crippen molar-refractivity contribution in [3.63, 3.8) is 0 Å². The predicted octanol–water partition coefficient (Wildman–Crippen LogP) is 3.17. The van der Waals surface area contributed by atoms with Gasteiger partial charge in [0.25, 0.3) is 0 Å². The van der Waals surface area contributed by atoms with Crippen LogP contribution in [-0.4, -0.2) is 26.2 Å². The third kappa shape index (κ3) is 3.07. The molecule has 0 radical (unpaired) electrons. The van der Waals surface area contributed by atoms with Gasteiger partial charge in [-0.2, -0.15) is 0 Å². The first-order chi connectivity index (χ1) is 10.6. The molecule has 1 aliphatic rings. The van der Waals surface area contributed by atoms with Crippen LogP contribution in [0.5, 0.6) is 0 Å². The molecular formula is C18H22FN3. The number of halogens is 1. The third-order valence-electron chi connectivity index (χ3n) is 4.24. The molecule has 116 valence electrons. The molecule has 1 heterocycles. The van der Waals surface area contributed by atoms with Crippen LogP contribution in [0.4, 0.5) is 15.8 Å². The van der Waals surface area contributed by atoms with Gasteiger partial charge in [0.15, 0.2) is 0 Å². The number of para-hydroxylation sites is 1. The lowest BCUT2D eigenvalue weighted by atomic mass is 10.1. The Balaban J connectivity index is 1.69. The van der Waals surface area contributed by atoms with Crippen molar-refractivity contribution in [3.8, 4) is 0 Å². The highest BCUT2D eigenvalue weighted by Crippen LogP contribution is 2.25. The van der Waals surface area contributed by atoms with Gasteiger partial charge in [-0.25, -0.2) is 4.39 Å². The number of piperazine rings is 1. The Morgan fingerprint density at radius 3 is 2.18 bits per heavy atom. The van der Waals surface area contributed by atoms with Gasteiger partial charge in [-0.1, -0.05) is 24.3 Å². The van der Waals surface area contributed by atoms with Crippen molar-refractivity contribution in [1.82, 2.24) is 0 Å². The minimum absolute atomic E-state index is 0.140. The molecule has 3 nitrogen and oxygen atoms in total. The average Bonchev–Trinajstić information content (AvgIpc) is 2.56. The molecule has 0 bridgehead atoms. The van der Waals surface area contributed by atoms with E-state index in [1.54, 1.807) is 6.07 Å². The lowest BCUT2D eigenvalue weighted by molar-refractivity contribution is 0.594. The lowest BCUT2D eigenvalue weighted by Crippen LogP contribution is -2.46. The molecule has 3 rings (SSSR count). The molecule has 1 unspecified atom stereocenters. The fourth-order valence-electron chi connectivity index (χ4n) is 2.91. The Bertz CT molecular complexity index is 619. The number of hydrogen-bond acceptors (Lipinski definition) is 3. The van der Waals surface area contributed by atoms with Gasteiger partial charge in [0.1, 0.15) is 5.82 Å². The number of benzene rings is 2. The summed E-state index contributed by atoms with van der Waals surface area (Å²) in [6.07, 6.45) is 0. The van der Waals surface area contributed by atoms with Crippen LogP contribution < -0.4 is 15.5 Å². The second-order valence-electron chi connectivity index (χ2n) is 5.81. The summed E-state index contributed by atoms with van der Waals surface area (Å²) in [4.78, 5) is 4.45. The van der Waals surface area contributed by atoms with Gasteiger partial charge in [-0.15, -0.1) is 0 Å². The van der Waals surface area contributed by atoms with Crippen molar-refractivity contribution in [2.24, 2.45) is 5.73 Å². The second kappa shape index (κ2) is 6.36. The fourth-order valence-corrected chi connectivity index (χ4v) is 2.91. The van der Waals surface area contributed by atoms with Crippen LogP contribution in [0.15, 0.2) is 48.5 Å². The zero-order chi connectivity index (χ0) is 15.5. The molecule has 0 amide bonds. The zero-order valence-corrected chi connectivity index (χ0v) is 12.9. The Morgan fingerprint density at radius 2 is 1.59 bits per heavy atom. The van der Waals surface area contributed by atoms with Crippen LogP contribution in [-0.2, 0) is 0 Å². The van der Waals surface area contributed by atoms with Crippen molar-refractivity contribution in [2.75, 3.05) is 36.0 Å². The lowest BCUT2D eigenvalue weighted by Gasteiger charge is -2.37. The van der Waals surface area contributed by atoms with Crippen LogP contribution in [0.1, 0.15) is 18.5 Å². The van der Waals surface area contributed by atoms with E-state index in [0.717, 1.165) is 31.7 Å². The van der Waals surface area contributed by atoms with Crippen molar-refractivity contribution in [3.05, 3.63) is 59.9 Å². The molecular weight excluding hydrogens is 277 g/mol. The van der Waals surface area contributed by atoms with Crippen LogP contribution in [0.2, 0.25) is 0 Å². The van der Waals surface area contributed by atoms with Gasteiger partial charge < -0.3 is 15.5 Å². The largest absolute Gasteiger partial charge is 0.368 e. The molecule has 1 aliphatic heterocycles. The Hall–Kier alpha value is -2.07. The quantitative estimate of drug-likeness (QED) is 0.945. The number of hydrogen-bond donors (Lipinski definition) is 1. The third-order valence-corrected chi connectivity index (χ3v) is 4.24. The van der Waals surface area contributed by atoms with Gasteiger partial charge in [0.2, 0.25) is 0 Å². The van der Waals surface area contributed by atoms with Crippen molar-refractivity contribution in [2.45, 2.75) is 13.0 Å². The first-order valence-electron chi connectivity index (χ1n) is 7.75. The summed E-state index contributed by atoms with van der Waals surface area (Å²) < 4.78 is 14.3. The first kappa shape index (κ1) is 14.9. The van der Waals surface area contributed by atoms with Gasteiger partial charge in [0.05, 0.1) is 5.69 Å². The maximum Gasteiger partial charge on any atom is 0.146 e. The minimum Gasteiger partial charge on any atom is -0.368 e. The molecule has 2 aromatic carbocycles. The van der Waals surface area contributed by atoms with Crippen LogP contribution in [0.3, 0.4) is 0 Å². The van der Waals surface area contributed by atoms with Crippen molar-refractivity contribution in [1.29, 1.82) is 0 Å². The van der Waals surface area contributed by atoms with E-state index >= 15 is 0 Å². The fraction of sp³-hybridized carbons (Fsp3) is 0.333. The van der Waals surface area contributed by atoms with Crippen LogP contribution in [0, 0.1) is 5.82 Å². The molecule has 0 spiro atoms. The summed E-state index contributed by atoms with van der Waals surface area (Å²) in [5, 5.41) is 0. The van der Waals surface area contributed by atoms with E-state index in [2.05, 4.69) is 21.9 Å². The number of anilines is 2. The summed E-state index contributed by atoms with van der Waals surface area (Å²) in [7, 11) is 0.